The molecule has 1 aromatic rings. The van der Waals surface area contributed by atoms with Crippen LogP contribution in [0.1, 0.15) is 25.3 Å². The molecule has 0 saturated carbocycles. The smallest absolute Gasteiger partial charge is 0.430 e. The van der Waals surface area contributed by atoms with E-state index >= 15 is 0 Å². The van der Waals surface area contributed by atoms with Gasteiger partial charge in [0.05, 0.1) is 6.61 Å². The fourth-order valence-electron chi connectivity index (χ4n) is 2.93. The second-order valence-corrected chi connectivity index (χ2v) is 7.55. The minimum atomic E-state index is -5.95. The summed E-state index contributed by atoms with van der Waals surface area (Å²) in [6.07, 6.45) is -11.1. The number of nitrogens with one attached hydrogen (secondary N) is 1. The number of anilines is 1. The number of rotatable bonds is 5. The van der Waals surface area contributed by atoms with Crippen molar-refractivity contribution >= 4 is 23.4 Å². The fraction of sp³-hybridized carbons (Fsp3) is 0.588. The molecule has 0 atom stereocenters. The van der Waals surface area contributed by atoms with Gasteiger partial charge in [0.25, 0.3) is 5.60 Å². The highest BCUT2D eigenvalue weighted by Gasteiger charge is 2.71. The van der Waals surface area contributed by atoms with E-state index in [-0.39, 0.29) is 12.3 Å². The number of alkyl halides is 6. The highest BCUT2D eigenvalue weighted by Crippen LogP contribution is 2.50. The Morgan fingerprint density at radius 1 is 1.11 bits per heavy atom. The van der Waals surface area contributed by atoms with Crippen LogP contribution in [0.25, 0.3) is 0 Å². The van der Waals surface area contributed by atoms with Gasteiger partial charge in [0, 0.05) is 11.3 Å². The van der Waals surface area contributed by atoms with Gasteiger partial charge in [-0.05, 0) is 43.4 Å². The van der Waals surface area contributed by atoms with Gasteiger partial charge in [-0.2, -0.15) is 38.1 Å². The van der Waals surface area contributed by atoms with Crippen molar-refractivity contribution in [3.8, 4) is 0 Å². The van der Waals surface area contributed by atoms with Crippen molar-refractivity contribution in [3.63, 3.8) is 0 Å². The Morgan fingerprint density at radius 2 is 1.61 bits per heavy atom. The molecule has 0 spiro atoms. The van der Waals surface area contributed by atoms with Gasteiger partial charge in [-0.15, -0.1) is 0 Å². The SMILES string of the molecule is CCOC(=O)C1(Nc2ccc(C(O)(C(F)(F)F)C(F)(F)F)cc2)CCSCC1. The van der Waals surface area contributed by atoms with E-state index in [0.29, 0.717) is 36.5 Å². The van der Waals surface area contributed by atoms with Gasteiger partial charge >= 0.3 is 18.3 Å². The lowest BCUT2D eigenvalue weighted by molar-refractivity contribution is -0.376. The summed E-state index contributed by atoms with van der Waals surface area (Å²) >= 11 is 1.62. The molecule has 4 nitrogen and oxygen atoms in total. The van der Waals surface area contributed by atoms with Crippen molar-refractivity contribution in [2.24, 2.45) is 0 Å². The molecule has 1 saturated heterocycles. The van der Waals surface area contributed by atoms with Crippen LogP contribution < -0.4 is 5.32 Å². The summed E-state index contributed by atoms with van der Waals surface area (Å²) < 4.78 is 82.8. The van der Waals surface area contributed by atoms with Crippen LogP contribution in [0.2, 0.25) is 0 Å². The minimum Gasteiger partial charge on any atom is -0.464 e. The number of benzene rings is 1. The average molecular weight is 431 g/mol. The van der Waals surface area contributed by atoms with Crippen LogP contribution in [0.15, 0.2) is 24.3 Å². The zero-order valence-corrected chi connectivity index (χ0v) is 15.6. The first-order valence-electron chi connectivity index (χ1n) is 8.37. The molecule has 0 aromatic heterocycles. The summed E-state index contributed by atoms with van der Waals surface area (Å²) in [4.78, 5) is 12.4. The second-order valence-electron chi connectivity index (χ2n) is 6.32. The van der Waals surface area contributed by atoms with Gasteiger partial charge in [0.2, 0.25) is 0 Å². The zero-order chi connectivity index (χ0) is 21.2. The highest BCUT2D eigenvalue weighted by molar-refractivity contribution is 7.99. The third kappa shape index (κ3) is 4.19. The Balaban J connectivity index is 2.34. The lowest BCUT2D eigenvalue weighted by Crippen LogP contribution is -2.54. The van der Waals surface area contributed by atoms with E-state index < -0.39 is 35.0 Å². The minimum absolute atomic E-state index is 0.137. The second kappa shape index (κ2) is 8.02. The molecule has 2 N–H and O–H groups in total. The number of carbonyl (C=O) groups is 1. The lowest BCUT2D eigenvalue weighted by atomic mass is 9.90. The van der Waals surface area contributed by atoms with E-state index in [2.05, 4.69) is 5.32 Å². The Labute approximate surface area is 161 Å². The van der Waals surface area contributed by atoms with Crippen LogP contribution in [0, 0.1) is 0 Å². The van der Waals surface area contributed by atoms with Gasteiger partial charge in [-0.1, -0.05) is 12.1 Å². The Kier molecular flexibility index (Phi) is 6.49. The summed E-state index contributed by atoms with van der Waals surface area (Å²) in [7, 11) is 0. The van der Waals surface area contributed by atoms with Crippen LogP contribution in [0.4, 0.5) is 32.0 Å². The number of halogens is 6. The molecule has 1 aromatic carbocycles. The summed E-state index contributed by atoms with van der Waals surface area (Å²) in [6.45, 7) is 1.77. The van der Waals surface area contributed by atoms with Crippen molar-refractivity contribution in [3.05, 3.63) is 29.8 Å². The quantitative estimate of drug-likeness (QED) is 0.540. The van der Waals surface area contributed by atoms with E-state index in [4.69, 9.17) is 4.74 Å². The molecular formula is C17H19F6NO3S. The zero-order valence-electron chi connectivity index (χ0n) is 14.8. The van der Waals surface area contributed by atoms with E-state index in [1.807, 2.05) is 0 Å². The van der Waals surface area contributed by atoms with E-state index in [0.717, 1.165) is 12.1 Å². The maximum absolute atomic E-state index is 13.0. The molecule has 0 unspecified atom stereocenters. The Hall–Kier alpha value is -1.62. The molecule has 1 heterocycles. The van der Waals surface area contributed by atoms with Gasteiger partial charge in [0.15, 0.2) is 0 Å². The third-order valence-electron chi connectivity index (χ3n) is 4.52. The third-order valence-corrected chi connectivity index (χ3v) is 5.50. The van der Waals surface area contributed by atoms with Gasteiger partial charge in [0.1, 0.15) is 5.54 Å². The van der Waals surface area contributed by atoms with E-state index in [9.17, 15) is 36.2 Å². The molecule has 2 rings (SSSR count). The van der Waals surface area contributed by atoms with Crippen molar-refractivity contribution < 1.29 is 41.0 Å². The standard InChI is InChI=1S/C17H19F6NO3S/c1-2-27-13(25)14(7-9-28-10-8-14)24-12-5-3-11(4-6-12)15(26,16(18,19)20)17(21,22)23/h3-6,24,26H,2,7-10H2,1H3. The molecule has 0 aliphatic carbocycles. The van der Waals surface area contributed by atoms with Crippen molar-refractivity contribution in [1.29, 1.82) is 0 Å². The largest absolute Gasteiger partial charge is 0.464 e. The number of hydrogen-bond donors (Lipinski definition) is 2. The molecular weight excluding hydrogens is 412 g/mol. The van der Waals surface area contributed by atoms with Crippen LogP contribution in [0.5, 0.6) is 0 Å². The molecule has 0 radical (unpaired) electrons. The maximum Gasteiger partial charge on any atom is 0.430 e. The van der Waals surface area contributed by atoms with Crippen molar-refractivity contribution in [1.82, 2.24) is 0 Å². The average Bonchev–Trinajstić information content (AvgIpc) is 2.61. The number of esters is 1. The van der Waals surface area contributed by atoms with Crippen LogP contribution in [-0.4, -0.2) is 47.1 Å². The molecule has 1 aliphatic heterocycles. The monoisotopic (exact) mass is 431 g/mol. The highest BCUT2D eigenvalue weighted by atomic mass is 32.2. The number of thioether (sulfide) groups is 1. The van der Waals surface area contributed by atoms with E-state index in [1.54, 1.807) is 18.7 Å². The number of hydrogen-bond acceptors (Lipinski definition) is 5. The normalized spacial score (nSPS) is 17.9. The van der Waals surface area contributed by atoms with Gasteiger partial charge in [-0.25, -0.2) is 4.79 Å². The van der Waals surface area contributed by atoms with Crippen LogP contribution in [-0.2, 0) is 15.1 Å². The first kappa shape index (κ1) is 22.7. The molecule has 11 heteroatoms. The molecule has 0 amide bonds. The number of ether oxygens (including phenoxy) is 1. The van der Waals surface area contributed by atoms with Gasteiger partial charge in [-0.3, -0.25) is 0 Å². The molecule has 1 aliphatic rings. The summed E-state index contributed by atoms with van der Waals surface area (Å²) in [5.74, 6) is 0.763. The van der Waals surface area contributed by atoms with Crippen molar-refractivity contribution in [2.75, 3.05) is 23.4 Å². The van der Waals surface area contributed by atoms with Crippen LogP contribution >= 0.6 is 11.8 Å². The summed E-state index contributed by atoms with van der Waals surface area (Å²) in [5.41, 5.74) is -7.30. The topological polar surface area (TPSA) is 58.6 Å². The first-order valence-corrected chi connectivity index (χ1v) is 9.52. The molecule has 1 fully saturated rings. The summed E-state index contributed by atoms with van der Waals surface area (Å²) in [5, 5.41) is 12.3. The van der Waals surface area contributed by atoms with Crippen LogP contribution in [0.3, 0.4) is 0 Å². The van der Waals surface area contributed by atoms with Gasteiger partial charge < -0.3 is 15.2 Å². The molecule has 28 heavy (non-hydrogen) atoms. The molecule has 158 valence electrons. The molecule has 0 bridgehead atoms. The summed E-state index contributed by atoms with van der Waals surface area (Å²) in [6, 6.07) is 3.03. The predicted octanol–water partition coefficient (Wildman–Crippen LogP) is 4.24. The lowest BCUT2D eigenvalue weighted by Gasteiger charge is -2.36. The Morgan fingerprint density at radius 3 is 2.04 bits per heavy atom. The van der Waals surface area contributed by atoms with Crippen molar-refractivity contribution in [2.45, 2.75) is 43.3 Å². The maximum atomic E-state index is 13.0. The number of aliphatic hydroxyl groups is 1. The Bertz CT molecular complexity index is 670. The fourth-order valence-corrected chi connectivity index (χ4v) is 4.12. The predicted molar refractivity (Wildman–Crippen MR) is 92.0 cm³/mol. The van der Waals surface area contributed by atoms with E-state index in [1.165, 1.54) is 0 Å². The first-order chi connectivity index (χ1) is 12.9. The number of carbonyl (C=O) groups excluding carboxylic acids is 1.